The zero-order valence-electron chi connectivity index (χ0n) is 13.3. The van der Waals surface area contributed by atoms with Crippen molar-refractivity contribution in [3.8, 4) is 0 Å². The Labute approximate surface area is 137 Å². The molecule has 1 unspecified atom stereocenters. The Balaban J connectivity index is 2.24. The molecule has 1 N–H and O–H groups in total. The van der Waals surface area contributed by atoms with Crippen molar-refractivity contribution in [2.45, 2.75) is 37.8 Å². The van der Waals surface area contributed by atoms with Gasteiger partial charge in [-0.1, -0.05) is 0 Å². The number of nitrogens with one attached hydrogen (secondary N) is 1. The number of carbonyl (C=O) groups excluding carboxylic acids is 2. The zero-order valence-corrected chi connectivity index (χ0v) is 14.1. The predicted molar refractivity (Wildman–Crippen MR) is 86.3 cm³/mol. The van der Waals surface area contributed by atoms with E-state index >= 15 is 0 Å². The first-order valence-electron chi connectivity index (χ1n) is 7.08. The largest absolute Gasteiger partial charge is 0.355 e. The number of halogens is 2. The monoisotopic (exact) mass is 337 g/mol. The molecule has 1 atom stereocenters. The van der Waals surface area contributed by atoms with Gasteiger partial charge in [0.1, 0.15) is 0 Å². The first-order chi connectivity index (χ1) is 10.7. The average Bonchev–Trinajstić information content (AvgIpc) is 2.77. The van der Waals surface area contributed by atoms with Crippen molar-refractivity contribution >= 4 is 23.3 Å². The molecule has 0 spiro atoms. The maximum atomic E-state index is 13.2. The predicted octanol–water partition coefficient (Wildman–Crippen LogP) is 4.48. The number of hydrogen-bond donors (Lipinski definition) is 1. The van der Waals surface area contributed by atoms with E-state index in [4.69, 9.17) is 0 Å². The molecule has 2 aromatic rings. The number of Topliss-reactive ketones (excluding diaryl/α,β-unsaturated/α-hetero) is 2. The summed E-state index contributed by atoms with van der Waals surface area (Å²) in [5, 5.41) is -0.503. The van der Waals surface area contributed by atoms with Crippen LogP contribution >= 0.6 is 11.8 Å². The number of thioether (sulfide) groups is 1. The Kier molecular flexibility index (Phi) is 5.04. The highest BCUT2D eigenvalue weighted by Crippen LogP contribution is 2.28. The van der Waals surface area contributed by atoms with Crippen molar-refractivity contribution in [3.05, 3.63) is 52.3 Å². The van der Waals surface area contributed by atoms with Gasteiger partial charge >= 0.3 is 0 Å². The summed E-state index contributed by atoms with van der Waals surface area (Å²) in [6, 6.07) is 3.53. The van der Waals surface area contributed by atoms with E-state index in [9.17, 15) is 18.4 Å². The second-order valence-corrected chi connectivity index (χ2v) is 6.80. The van der Waals surface area contributed by atoms with E-state index in [2.05, 4.69) is 4.98 Å². The van der Waals surface area contributed by atoms with E-state index in [-0.39, 0.29) is 11.6 Å². The number of ketones is 2. The van der Waals surface area contributed by atoms with Crippen molar-refractivity contribution in [1.29, 1.82) is 0 Å². The Hall–Kier alpha value is -1.95. The zero-order chi connectivity index (χ0) is 17.3. The summed E-state index contributed by atoms with van der Waals surface area (Å²) in [6.45, 7) is 6.62. The molecule has 1 aromatic heterocycles. The second kappa shape index (κ2) is 6.66. The van der Waals surface area contributed by atoms with Gasteiger partial charge in [-0.25, -0.2) is 8.78 Å². The van der Waals surface area contributed by atoms with E-state index < -0.39 is 16.9 Å². The van der Waals surface area contributed by atoms with Gasteiger partial charge in [0.2, 0.25) is 0 Å². The van der Waals surface area contributed by atoms with E-state index in [1.165, 1.54) is 13.0 Å². The number of aryl methyl sites for hydroxylation is 1. The van der Waals surface area contributed by atoms with Crippen LogP contribution < -0.4 is 0 Å². The highest BCUT2D eigenvalue weighted by atomic mass is 32.2. The summed E-state index contributed by atoms with van der Waals surface area (Å²) >= 11 is 1.14. The highest BCUT2D eigenvalue weighted by molar-refractivity contribution is 8.00. The van der Waals surface area contributed by atoms with Crippen LogP contribution in [0, 0.1) is 25.5 Å². The minimum Gasteiger partial charge on any atom is -0.355 e. The molecule has 0 fully saturated rings. The van der Waals surface area contributed by atoms with Crippen molar-refractivity contribution in [3.63, 3.8) is 0 Å². The lowest BCUT2D eigenvalue weighted by molar-refractivity contribution is 0.0988. The smallest absolute Gasteiger partial charge is 0.192 e. The molecule has 1 heterocycles. The average molecular weight is 337 g/mol. The molecule has 6 heteroatoms. The van der Waals surface area contributed by atoms with Crippen LogP contribution in [0.4, 0.5) is 8.78 Å². The lowest BCUT2D eigenvalue weighted by atomic mass is 10.0. The third-order valence-electron chi connectivity index (χ3n) is 3.61. The number of hydrogen-bond acceptors (Lipinski definition) is 3. The van der Waals surface area contributed by atoms with Gasteiger partial charge in [-0.3, -0.25) is 9.59 Å². The van der Waals surface area contributed by atoms with Crippen LogP contribution in [0.5, 0.6) is 0 Å². The van der Waals surface area contributed by atoms with E-state index in [1.54, 1.807) is 20.8 Å². The number of rotatable bonds is 5. The maximum absolute atomic E-state index is 13.2. The molecule has 0 saturated heterocycles. The fourth-order valence-electron chi connectivity index (χ4n) is 2.54. The lowest BCUT2D eigenvalue weighted by Crippen LogP contribution is -2.15. The third kappa shape index (κ3) is 3.52. The van der Waals surface area contributed by atoms with Gasteiger partial charge in [-0.05, 0) is 51.5 Å². The molecule has 23 heavy (non-hydrogen) atoms. The summed E-state index contributed by atoms with van der Waals surface area (Å²) in [5.74, 6) is -2.15. The van der Waals surface area contributed by atoms with Gasteiger partial charge in [0.25, 0.3) is 0 Å². The number of aromatic amines is 1. The number of benzene rings is 1. The van der Waals surface area contributed by atoms with Crippen LogP contribution in [0.1, 0.15) is 46.0 Å². The summed E-state index contributed by atoms with van der Waals surface area (Å²) in [4.78, 5) is 27.7. The molecular formula is C17H17F2NO2S. The van der Waals surface area contributed by atoms with E-state index in [1.807, 2.05) is 0 Å². The quantitative estimate of drug-likeness (QED) is 0.647. The summed E-state index contributed by atoms with van der Waals surface area (Å²) in [6.07, 6.45) is 0. The van der Waals surface area contributed by atoms with Crippen LogP contribution in [0.2, 0.25) is 0 Å². The van der Waals surface area contributed by atoms with Gasteiger partial charge in [0.15, 0.2) is 23.2 Å². The van der Waals surface area contributed by atoms with E-state index in [0.29, 0.717) is 27.4 Å². The Bertz CT molecular complexity index is 783. The SMILES string of the molecule is CC(=O)c1c(C)[nH]c(C(=O)C(C)Sc2ccc(F)c(F)c2)c1C. The summed E-state index contributed by atoms with van der Waals surface area (Å²) in [7, 11) is 0. The van der Waals surface area contributed by atoms with Crippen molar-refractivity contribution in [2.75, 3.05) is 0 Å². The third-order valence-corrected chi connectivity index (χ3v) is 4.70. The second-order valence-electron chi connectivity index (χ2n) is 5.38. The van der Waals surface area contributed by atoms with Crippen molar-refractivity contribution in [2.24, 2.45) is 0 Å². The Morgan fingerprint density at radius 1 is 1.17 bits per heavy atom. The van der Waals surface area contributed by atoms with Gasteiger partial charge < -0.3 is 4.98 Å². The molecule has 0 bridgehead atoms. The molecule has 0 saturated carbocycles. The molecule has 0 aliphatic heterocycles. The molecule has 0 aliphatic rings. The van der Waals surface area contributed by atoms with Crippen LogP contribution in [0.25, 0.3) is 0 Å². The van der Waals surface area contributed by atoms with Crippen LogP contribution in [0.15, 0.2) is 23.1 Å². The molecule has 0 aliphatic carbocycles. The van der Waals surface area contributed by atoms with Crippen LogP contribution in [-0.2, 0) is 0 Å². The minimum atomic E-state index is -0.944. The van der Waals surface area contributed by atoms with Gasteiger partial charge in [0.05, 0.1) is 10.9 Å². The first kappa shape index (κ1) is 17.4. The fraction of sp³-hybridized carbons (Fsp3) is 0.294. The molecule has 2 rings (SSSR count). The lowest BCUT2D eigenvalue weighted by Gasteiger charge is -2.10. The molecule has 1 aromatic carbocycles. The van der Waals surface area contributed by atoms with Crippen molar-refractivity contribution in [1.82, 2.24) is 4.98 Å². The van der Waals surface area contributed by atoms with E-state index in [0.717, 1.165) is 23.9 Å². The standard InChI is InChI=1S/C17H17F2NO2S/c1-8-15(10(3)21)9(2)20-16(8)17(22)11(4)23-12-5-6-13(18)14(19)7-12/h5-7,11,20H,1-4H3. The Morgan fingerprint density at radius 2 is 1.83 bits per heavy atom. The maximum Gasteiger partial charge on any atom is 0.192 e. The van der Waals surface area contributed by atoms with Gasteiger partial charge in [-0.15, -0.1) is 11.8 Å². The van der Waals surface area contributed by atoms with Crippen LogP contribution in [-0.4, -0.2) is 21.8 Å². The van der Waals surface area contributed by atoms with Gasteiger partial charge in [0, 0.05) is 16.2 Å². The summed E-state index contributed by atoms with van der Waals surface area (Å²) in [5.41, 5.74) is 2.19. The Morgan fingerprint density at radius 3 is 2.35 bits per heavy atom. The topological polar surface area (TPSA) is 49.9 Å². The number of H-pyrrole nitrogens is 1. The van der Waals surface area contributed by atoms with Crippen molar-refractivity contribution < 1.29 is 18.4 Å². The molecular weight excluding hydrogens is 320 g/mol. The summed E-state index contributed by atoms with van der Waals surface area (Å²) < 4.78 is 26.2. The minimum absolute atomic E-state index is 0.101. The normalized spacial score (nSPS) is 12.3. The number of aromatic nitrogens is 1. The number of carbonyl (C=O) groups is 2. The highest BCUT2D eigenvalue weighted by Gasteiger charge is 2.24. The molecule has 0 radical (unpaired) electrons. The molecule has 122 valence electrons. The molecule has 0 amide bonds. The first-order valence-corrected chi connectivity index (χ1v) is 7.96. The fourth-order valence-corrected chi connectivity index (χ4v) is 3.49. The van der Waals surface area contributed by atoms with Gasteiger partial charge in [-0.2, -0.15) is 0 Å². The van der Waals surface area contributed by atoms with Crippen LogP contribution in [0.3, 0.4) is 0 Å². The molecule has 3 nitrogen and oxygen atoms in total.